The molecule has 2 aromatic carbocycles. The molecular weight excluding hydrogens is 455 g/mol. The van der Waals surface area contributed by atoms with E-state index in [0.29, 0.717) is 28.2 Å². The number of halogens is 1. The second kappa shape index (κ2) is 9.64. The zero-order valence-corrected chi connectivity index (χ0v) is 20.2. The van der Waals surface area contributed by atoms with E-state index in [0.717, 1.165) is 35.9 Å². The zero-order valence-electron chi connectivity index (χ0n) is 19.3. The minimum atomic E-state index is -3.67. The fourth-order valence-electron chi connectivity index (χ4n) is 4.01. The van der Waals surface area contributed by atoms with E-state index < -0.39 is 10.1 Å². The van der Waals surface area contributed by atoms with E-state index in [1.54, 1.807) is 37.4 Å². The molecule has 0 aliphatic heterocycles. The molecule has 1 N–H and O–H groups in total. The van der Waals surface area contributed by atoms with Crippen LogP contribution in [0.25, 0.3) is 11.1 Å². The fraction of sp³-hybridized carbons (Fsp3) is 0.308. The number of rotatable bonds is 8. The summed E-state index contributed by atoms with van der Waals surface area (Å²) < 4.78 is 41.7. The van der Waals surface area contributed by atoms with E-state index in [2.05, 4.69) is 10.3 Å². The average Bonchev–Trinajstić information content (AvgIpc) is 3.60. The topological polar surface area (TPSA) is 85.4 Å². The smallest absolute Gasteiger partial charge is 0.264 e. The van der Waals surface area contributed by atoms with Gasteiger partial charge in [-0.05, 0) is 103 Å². The van der Waals surface area contributed by atoms with Crippen molar-refractivity contribution < 1.29 is 21.8 Å². The van der Waals surface area contributed by atoms with Crippen molar-refractivity contribution in [2.45, 2.75) is 39.3 Å². The van der Waals surface area contributed by atoms with Crippen LogP contribution in [0.2, 0.25) is 0 Å². The number of benzene rings is 2. The SMILES string of the molecule is Cc1ccnc(C(NC(=O)c2cc(COS(C)(=O)=O)cc(-c3ccc(F)cc3C)c2)C2CC2)c1. The van der Waals surface area contributed by atoms with Crippen molar-refractivity contribution in [1.82, 2.24) is 10.3 Å². The number of carbonyl (C=O) groups is 1. The van der Waals surface area contributed by atoms with E-state index in [1.165, 1.54) is 12.1 Å². The maximum Gasteiger partial charge on any atom is 0.264 e. The summed E-state index contributed by atoms with van der Waals surface area (Å²) in [6.45, 7) is 3.56. The van der Waals surface area contributed by atoms with Crippen LogP contribution < -0.4 is 5.32 Å². The molecule has 34 heavy (non-hydrogen) atoms. The van der Waals surface area contributed by atoms with Crippen molar-refractivity contribution in [1.29, 1.82) is 0 Å². The highest BCUT2D eigenvalue weighted by Gasteiger charge is 2.34. The van der Waals surface area contributed by atoms with Crippen LogP contribution in [0.15, 0.2) is 54.7 Å². The first-order valence-corrected chi connectivity index (χ1v) is 12.9. The third-order valence-electron chi connectivity index (χ3n) is 5.83. The summed E-state index contributed by atoms with van der Waals surface area (Å²) in [4.78, 5) is 17.8. The van der Waals surface area contributed by atoms with Gasteiger partial charge in [-0.2, -0.15) is 8.42 Å². The number of amides is 1. The lowest BCUT2D eigenvalue weighted by atomic mass is 9.96. The number of aromatic nitrogens is 1. The Morgan fingerprint density at radius 2 is 1.91 bits per heavy atom. The molecule has 0 bridgehead atoms. The van der Waals surface area contributed by atoms with Gasteiger partial charge >= 0.3 is 0 Å². The van der Waals surface area contributed by atoms with Crippen molar-refractivity contribution >= 4 is 16.0 Å². The van der Waals surface area contributed by atoms with Gasteiger partial charge in [-0.1, -0.05) is 6.07 Å². The normalized spacial score (nSPS) is 14.6. The molecule has 1 saturated carbocycles. The van der Waals surface area contributed by atoms with Gasteiger partial charge in [-0.15, -0.1) is 0 Å². The standard InChI is InChI=1S/C26H27FN2O4S/c1-16-8-9-28-24(10-16)25(19-4-5-19)29-26(30)21-13-18(15-33-34(3,31)32)12-20(14-21)23-7-6-22(27)11-17(23)2/h6-14,19,25H,4-5,15H2,1-3H3,(H,29,30). The number of nitrogens with zero attached hydrogens (tertiary/aromatic N) is 1. The number of pyridine rings is 1. The van der Waals surface area contributed by atoms with E-state index in [1.807, 2.05) is 19.1 Å². The third kappa shape index (κ3) is 6.07. The van der Waals surface area contributed by atoms with Crippen LogP contribution in [0.4, 0.5) is 4.39 Å². The van der Waals surface area contributed by atoms with E-state index in [9.17, 15) is 17.6 Å². The molecule has 6 nitrogen and oxygen atoms in total. The van der Waals surface area contributed by atoms with E-state index in [-0.39, 0.29) is 24.4 Å². The Hall–Kier alpha value is -3.10. The largest absolute Gasteiger partial charge is 0.343 e. The molecule has 1 unspecified atom stereocenters. The Balaban J connectivity index is 1.69. The lowest BCUT2D eigenvalue weighted by Gasteiger charge is -2.19. The summed E-state index contributed by atoms with van der Waals surface area (Å²) in [7, 11) is -3.67. The van der Waals surface area contributed by atoms with Gasteiger partial charge in [0.25, 0.3) is 16.0 Å². The summed E-state index contributed by atoms with van der Waals surface area (Å²) in [6.07, 6.45) is 4.75. The maximum atomic E-state index is 13.7. The Bertz CT molecular complexity index is 1340. The van der Waals surface area contributed by atoms with Crippen LogP contribution in [0.1, 0.15) is 51.6 Å². The first-order chi connectivity index (χ1) is 16.1. The highest BCUT2D eigenvalue weighted by atomic mass is 32.2. The Morgan fingerprint density at radius 1 is 1.15 bits per heavy atom. The van der Waals surface area contributed by atoms with Gasteiger partial charge < -0.3 is 5.32 Å². The number of aryl methyl sites for hydroxylation is 2. The van der Waals surface area contributed by atoms with Crippen molar-refractivity contribution in [3.63, 3.8) is 0 Å². The Labute approximate surface area is 199 Å². The second-order valence-corrected chi connectivity index (χ2v) is 10.5. The van der Waals surface area contributed by atoms with Crippen LogP contribution in [-0.4, -0.2) is 25.6 Å². The van der Waals surface area contributed by atoms with Crippen molar-refractivity contribution in [2.24, 2.45) is 5.92 Å². The lowest BCUT2D eigenvalue weighted by Crippen LogP contribution is -2.30. The number of carbonyl (C=O) groups excluding carboxylic acids is 1. The van der Waals surface area contributed by atoms with Crippen molar-refractivity contribution in [3.8, 4) is 11.1 Å². The molecule has 1 aromatic heterocycles. The molecule has 0 spiro atoms. The highest BCUT2D eigenvalue weighted by molar-refractivity contribution is 7.85. The van der Waals surface area contributed by atoms with Gasteiger partial charge in [-0.25, -0.2) is 4.39 Å². The summed E-state index contributed by atoms with van der Waals surface area (Å²) in [5, 5.41) is 3.12. The molecule has 3 aromatic rings. The van der Waals surface area contributed by atoms with Crippen LogP contribution in [0.5, 0.6) is 0 Å². The maximum absolute atomic E-state index is 13.7. The number of hydrogen-bond donors (Lipinski definition) is 1. The Morgan fingerprint density at radius 3 is 2.56 bits per heavy atom. The molecule has 1 aliphatic carbocycles. The third-order valence-corrected chi connectivity index (χ3v) is 6.38. The predicted molar refractivity (Wildman–Crippen MR) is 128 cm³/mol. The predicted octanol–water partition coefficient (Wildman–Crippen LogP) is 4.86. The monoisotopic (exact) mass is 482 g/mol. The molecule has 1 amide bonds. The van der Waals surface area contributed by atoms with Gasteiger partial charge in [0.15, 0.2) is 0 Å². The molecule has 0 saturated heterocycles. The summed E-state index contributed by atoms with van der Waals surface area (Å²) in [5.74, 6) is -0.315. The molecule has 178 valence electrons. The van der Waals surface area contributed by atoms with Gasteiger partial charge in [0.05, 0.1) is 24.6 Å². The van der Waals surface area contributed by atoms with Crippen LogP contribution in [-0.2, 0) is 20.9 Å². The molecule has 8 heteroatoms. The summed E-state index contributed by atoms with van der Waals surface area (Å²) in [6, 6.07) is 13.2. The van der Waals surface area contributed by atoms with Crippen molar-refractivity contribution in [2.75, 3.05) is 6.26 Å². The second-order valence-electron chi connectivity index (χ2n) is 8.89. The number of hydrogen-bond acceptors (Lipinski definition) is 5. The fourth-order valence-corrected chi connectivity index (χ4v) is 4.36. The molecule has 1 fully saturated rings. The minimum Gasteiger partial charge on any atom is -0.343 e. The average molecular weight is 483 g/mol. The molecule has 1 heterocycles. The summed E-state index contributed by atoms with van der Waals surface area (Å²) >= 11 is 0. The minimum absolute atomic E-state index is 0.209. The van der Waals surface area contributed by atoms with Crippen LogP contribution in [0, 0.1) is 25.6 Å². The first-order valence-electron chi connectivity index (χ1n) is 11.1. The highest BCUT2D eigenvalue weighted by Crippen LogP contribution is 2.40. The van der Waals surface area contributed by atoms with Gasteiger partial charge in [-0.3, -0.25) is 14.0 Å². The van der Waals surface area contributed by atoms with E-state index >= 15 is 0 Å². The zero-order chi connectivity index (χ0) is 24.5. The molecule has 4 rings (SSSR count). The summed E-state index contributed by atoms with van der Waals surface area (Å²) in [5.41, 5.74) is 4.90. The molecule has 1 aliphatic rings. The molecule has 0 radical (unpaired) electrons. The van der Waals surface area contributed by atoms with E-state index in [4.69, 9.17) is 4.18 Å². The van der Waals surface area contributed by atoms with Crippen LogP contribution >= 0.6 is 0 Å². The Kier molecular flexibility index (Phi) is 6.81. The van der Waals surface area contributed by atoms with Crippen LogP contribution in [0.3, 0.4) is 0 Å². The molecule has 1 atom stereocenters. The lowest BCUT2D eigenvalue weighted by molar-refractivity contribution is 0.0930. The van der Waals surface area contributed by atoms with Crippen molar-refractivity contribution in [3.05, 3.63) is 88.5 Å². The molecular formula is C26H27FN2O4S. The van der Waals surface area contributed by atoms with Gasteiger partial charge in [0, 0.05) is 11.8 Å². The number of nitrogens with one attached hydrogen (secondary N) is 1. The van der Waals surface area contributed by atoms with Gasteiger partial charge in [0.1, 0.15) is 5.82 Å². The van der Waals surface area contributed by atoms with Gasteiger partial charge in [0.2, 0.25) is 0 Å². The first kappa shape index (κ1) is 24.0. The quantitative estimate of drug-likeness (QED) is 0.464.